The maximum absolute atomic E-state index is 3.22. The van der Waals surface area contributed by atoms with Crippen molar-refractivity contribution in [1.82, 2.24) is 0 Å². The van der Waals surface area contributed by atoms with Crippen molar-refractivity contribution in [3.63, 3.8) is 0 Å². The quantitative estimate of drug-likeness (QED) is 0.543. The molecule has 0 saturated heterocycles. The maximum Gasteiger partial charge on any atom is 0.0117 e. The minimum absolute atomic E-state index is 0.749. The molecule has 0 aromatic carbocycles. The lowest BCUT2D eigenvalue weighted by atomic mass is 9.95. The molecular formula is C11H20. The Morgan fingerprint density at radius 3 is 2.18 bits per heavy atom. The van der Waals surface area contributed by atoms with E-state index in [-0.39, 0.29) is 0 Å². The molecule has 0 aromatic heterocycles. The Bertz CT molecular complexity index is 134. The molecule has 0 rings (SSSR count). The zero-order valence-corrected chi connectivity index (χ0v) is 8.28. The van der Waals surface area contributed by atoms with E-state index in [0.717, 1.165) is 24.7 Å². The van der Waals surface area contributed by atoms with Gasteiger partial charge in [0, 0.05) is 12.8 Å². The summed E-state index contributed by atoms with van der Waals surface area (Å²) in [5, 5.41) is 0. The largest absolute Gasteiger partial charge is 0.103 e. The van der Waals surface area contributed by atoms with Crippen LogP contribution in [0.4, 0.5) is 0 Å². The molecule has 0 heterocycles. The predicted octanol–water partition coefficient (Wildman–Crippen LogP) is 3.47. The number of unbranched alkanes of at least 4 members (excludes halogenated alkanes) is 1. The Morgan fingerprint density at radius 1 is 1.09 bits per heavy atom. The van der Waals surface area contributed by atoms with Crippen LogP contribution in [0.25, 0.3) is 0 Å². The monoisotopic (exact) mass is 152 g/mol. The molecule has 0 fully saturated rings. The summed E-state index contributed by atoms with van der Waals surface area (Å²) in [5.41, 5.74) is 0. The fraction of sp³-hybridized carbons (Fsp3) is 0.818. The molecular weight excluding hydrogens is 132 g/mol. The molecule has 1 unspecified atom stereocenters. The standard InChI is InChI=1S/C11H20/c1-5-6-7-8-9-11(4)10(2)3/h10-11H,5-6,9H2,1-4H3. The molecule has 64 valence electrons. The Kier molecular flexibility index (Phi) is 6.03. The van der Waals surface area contributed by atoms with Gasteiger partial charge in [-0.2, -0.15) is 0 Å². The number of rotatable bonds is 3. The summed E-state index contributed by atoms with van der Waals surface area (Å²) in [6, 6.07) is 0. The molecule has 0 aromatic rings. The van der Waals surface area contributed by atoms with Crippen molar-refractivity contribution in [2.24, 2.45) is 11.8 Å². The third-order valence-electron chi connectivity index (χ3n) is 2.06. The normalized spacial score (nSPS) is 12.5. The molecule has 0 saturated carbocycles. The zero-order chi connectivity index (χ0) is 8.69. The van der Waals surface area contributed by atoms with E-state index >= 15 is 0 Å². The molecule has 0 amide bonds. The second-order valence-electron chi connectivity index (χ2n) is 3.53. The highest BCUT2D eigenvalue weighted by molar-refractivity contribution is 4.99. The van der Waals surface area contributed by atoms with E-state index in [2.05, 4.69) is 39.5 Å². The molecule has 0 heteroatoms. The highest BCUT2D eigenvalue weighted by Gasteiger charge is 2.03. The summed E-state index contributed by atoms with van der Waals surface area (Å²) in [4.78, 5) is 0. The lowest BCUT2D eigenvalue weighted by Gasteiger charge is -2.10. The first-order chi connectivity index (χ1) is 5.18. The van der Waals surface area contributed by atoms with E-state index in [0.29, 0.717) is 0 Å². The Balaban J connectivity index is 3.46. The summed E-state index contributed by atoms with van der Waals surface area (Å²) in [6.45, 7) is 8.95. The van der Waals surface area contributed by atoms with Gasteiger partial charge in [-0.3, -0.25) is 0 Å². The van der Waals surface area contributed by atoms with Gasteiger partial charge in [0.2, 0.25) is 0 Å². The Hall–Kier alpha value is -0.440. The van der Waals surface area contributed by atoms with Gasteiger partial charge in [-0.05, 0) is 18.3 Å². The average molecular weight is 152 g/mol. The van der Waals surface area contributed by atoms with Crippen LogP contribution in [0.1, 0.15) is 47.0 Å². The molecule has 0 spiro atoms. The van der Waals surface area contributed by atoms with Crippen LogP contribution in [0.2, 0.25) is 0 Å². The number of hydrogen-bond acceptors (Lipinski definition) is 0. The highest BCUT2D eigenvalue weighted by atomic mass is 14.1. The van der Waals surface area contributed by atoms with Crippen molar-refractivity contribution in [2.75, 3.05) is 0 Å². The summed E-state index contributed by atoms with van der Waals surface area (Å²) >= 11 is 0. The van der Waals surface area contributed by atoms with Crippen molar-refractivity contribution >= 4 is 0 Å². The molecule has 0 aliphatic rings. The van der Waals surface area contributed by atoms with Crippen LogP contribution in [0.3, 0.4) is 0 Å². The van der Waals surface area contributed by atoms with Crippen molar-refractivity contribution in [3.05, 3.63) is 0 Å². The van der Waals surface area contributed by atoms with Crippen molar-refractivity contribution in [2.45, 2.75) is 47.0 Å². The summed E-state index contributed by atoms with van der Waals surface area (Å²) in [5.74, 6) is 7.91. The van der Waals surface area contributed by atoms with Crippen LogP contribution in [0.15, 0.2) is 0 Å². The van der Waals surface area contributed by atoms with Gasteiger partial charge in [-0.1, -0.05) is 27.7 Å². The lowest BCUT2D eigenvalue weighted by molar-refractivity contribution is 0.429. The first-order valence-corrected chi connectivity index (χ1v) is 4.64. The molecule has 0 N–H and O–H groups in total. The smallest absolute Gasteiger partial charge is 0.0117 e. The fourth-order valence-corrected chi connectivity index (χ4v) is 0.682. The molecule has 0 nitrogen and oxygen atoms in total. The van der Waals surface area contributed by atoms with Crippen LogP contribution in [-0.2, 0) is 0 Å². The van der Waals surface area contributed by atoms with Gasteiger partial charge >= 0.3 is 0 Å². The van der Waals surface area contributed by atoms with Gasteiger partial charge in [-0.25, -0.2) is 0 Å². The molecule has 0 bridgehead atoms. The third-order valence-corrected chi connectivity index (χ3v) is 2.06. The van der Waals surface area contributed by atoms with Gasteiger partial charge in [0.05, 0.1) is 0 Å². The minimum atomic E-state index is 0.749. The Morgan fingerprint density at radius 2 is 1.73 bits per heavy atom. The van der Waals surface area contributed by atoms with Gasteiger partial charge < -0.3 is 0 Å². The van der Waals surface area contributed by atoms with Crippen molar-refractivity contribution in [1.29, 1.82) is 0 Å². The third kappa shape index (κ3) is 5.98. The first kappa shape index (κ1) is 10.6. The summed E-state index contributed by atoms with van der Waals surface area (Å²) in [7, 11) is 0. The van der Waals surface area contributed by atoms with Crippen LogP contribution in [0, 0.1) is 23.7 Å². The van der Waals surface area contributed by atoms with Crippen molar-refractivity contribution in [3.8, 4) is 11.8 Å². The van der Waals surface area contributed by atoms with E-state index in [9.17, 15) is 0 Å². The predicted molar refractivity (Wildman–Crippen MR) is 51.3 cm³/mol. The van der Waals surface area contributed by atoms with Crippen LogP contribution in [-0.4, -0.2) is 0 Å². The SMILES string of the molecule is CCCC#CCC(C)C(C)C. The van der Waals surface area contributed by atoms with Crippen LogP contribution < -0.4 is 0 Å². The van der Waals surface area contributed by atoms with Crippen LogP contribution >= 0.6 is 0 Å². The summed E-state index contributed by atoms with van der Waals surface area (Å²) in [6.07, 6.45) is 3.31. The molecule has 0 aliphatic heterocycles. The number of hydrogen-bond donors (Lipinski definition) is 0. The first-order valence-electron chi connectivity index (χ1n) is 4.64. The van der Waals surface area contributed by atoms with Gasteiger partial charge in [-0.15, -0.1) is 11.8 Å². The topological polar surface area (TPSA) is 0 Å². The fourth-order valence-electron chi connectivity index (χ4n) is 0.682. The highest BCUT2D eigenvalue weighted by Crippen LogP contribution is 2.12. The molecule has 11 heavy (non-hydrogen) atoms. The second-order valence-corrected chi connectivity index (χ2v) is 3.53. The van der Waals surface area contributed by atoms with Crippen LogP contribution in [0.5, 0.6) is 0 Å². The van der Waals surface area contributed by atoms with E-state index < -0.39 is 0 Å². The van der Waals surface area contributed by atoms with E-state index in [1.54, 1.807) is 0 Å². The average Bonchev–Trinajstić information content (AvgIpc) is 1.97. The molecule has 0 radical (unpaired) electrons. The molecule has 0 aliphatic carbocycles. The van der Waals surface area contributed by atoms with Gasteiger partial charge in [0.1, 0.15) is 0 Å². The van der Waals surface area contributed by atoms with Gasteiger partial charge in [0.25, 0.3) is 0 Å². The molecule has 1 atom stereocenters. The van der Waals surface area contributed by atoms with E-state index in [1.165, 1.54) is 6.42 Å². The Labute approximate surface area is 71.4 Å². The second kappa shape index (κ2) is 6.28. The zero-order valence-electron chi connectivity index (χ0n) is 8.28. The lowest BCUT2D eigenvalue weighted by Crippen LogP contribution is -2.01. The van der Waals surface area contributed by atoms with E-state index in [4.69, 9.17) is 0 Å². The van der Waals surface area contributed by atoms with E-state index in [1.807, 2.05) is 0 Å². The van der Waals surface area contributed by atoms with Gasteiger partial charge in [0.15, 0.2) is 0 Å². The minimum Gasteiger partial charge on any atom is -0.103 e. The summed E-state index contributed by atoms with van der Waals surface area (Å²) < 4.78 is 0. The maximum atomic E-state index is 3.22. The van der Waals surface area contributed by atoms with Crippen molar-refractivity contribution < 1.29 is 0 Å².